The highest BCUT2D eigenvalue weighted by molar-refractivity contribution is 5.81. The van der Waals surface area contributed by atoms with Crippen molar-refractivity contribution in [2.24, 2.45) is 0 Å². The van der Waals surface area contributed by atoms with Gasteiger partial charge in [0.1, 0.15) is 6.54 Å². The van der Waals surface area contributed by atoms with E-state index in [1.165, 1.54) is 16.9 Å². The average molecular weight is 325 g/mol. The molecule has 6 nitrogen and oxygen atoms in total. The fraction of sp³-hybridized carbons (Fsp3) is 0.429. The molecule has 0 saturated heterocycles. The monoisotopic (exact) mass is 325 g/mol. The molecular formula is C14H14F3N5O. The topological polar surface area (TPSA) is 69.6 Å². The van der Waals surface area contributed by atoms with E-state index in [1.54, 1.807) is 0 Å². The van der Waals surface area contributed by atoms with Gasteiger partial charge in [-0.2, -0.15) is 23.3 Å². The Hall–Kier alpha value is -2.45. The van der Waals surface area contributed by atoms with Crippen molar-refractivity contribution in [3.05, 3.63) is 35.9 Å². The largest absolute Gasteiger partial charge is 0.435 e. The van der Waals surface area contributed by atoms with Crippen LogP contribution < -0.4 is 0 Å². The summed E-state index contributed by atoms with van der Waals surface area (Å²) < 4.78 is 45.5. The number of aromatic nitrogens is 5. The van der Waals surface area contributed by atoms with Gasteiger partial charge >= 0.3 is 6.18 Å². The van der Waals surface area contributed by atoms with Gasteiger partial charge in [0.05, 0.1) is 10.9 Å². The third-order valence-corrected chi connectivity index (χ3v) is 3.24. The van der Waals surface area contributed by atoms with Gasteiger partial charge in [-0.05, 0) is 6.07 Å². The van der Waals surface area contributed by atoms with Crippen LogP contribution in [0.4, 0.5) is 13.2 Å². The Labute approximate surface area is 129 Å². The molecule has 23 heavy (non-hydrogen) atoms. The highest BCUT2D eigenvalue weighted by Gasteiger charge is 2.37. The molecule has 0 aromatic carbocycles. The number of alkyl halides is 3. The van der Waals surface area contributed by atoms with Gasteiger partial charge in [0.2, 0.25) is 5.89 Å². The third kappa shape index (κ3) is 2.90. The first-order valence-electron chi connectivity index (χ1n) is 6.87. The lowest BCUT2D eigenvalue weighted by Crippen LogP contribution is -2.13. The van der Waals surface area contributed by atoms with Gasteiger partial charge in [-0.3, -0.25) is 9.67 Å². The summed E-state index contributed by atoms with van der Waals surface area (Å²) in [5.74, 6) is 0.687. The molecule has 0 saturated carbocycles. The van der Waals surface area contributed by atoms with Crippen molar-refractivity contribution in [1.29, 1.82) is 0 Å². The van der Waals surface area contributed by atoms with Crippen molar-refractivity contribution >= 4 is 10.9 Å². The molecule has 3 rings (SSSR count). The maximum Gasteiger partial charge on any atom is 0.435 e. The molecule has 0 aliphatic heterocycles. The van der Waals surface area contributed by atoms with Crippen LogP contribution in [0.1, 0.15) is 38.2 Å². The smallest absolute Gasteiger partial charge is 0.337 e. The van der Waals surface area contributed by atoms with Crippen LogP contribution >= 0.6 is 0 Å². The minimum atomic E-state index is -4.56. The summed E-state index contributed by atoms with van der Waals surface area (Å²) in [7, 11) is 0. The van der Waals surface area contributed by atoms with Crippen LogP contribution in [-0.2, 0) is 18.1 Å². The van der Waals surface area contributed by atoms with Crippen LogP contribution in [0.5, 0.6) is 0 Å². The maximum atomic E-state index is 13.1. The van der Waals surface area contributed by atoms with E-state index in [9.17, 15) is 13.2 Å². The van der Waals surface area contributed by atoms with Crippen molar-refractivity contribution in [3.8, 4) is 0 Å². The van der Waals surface area contributed by atoms with E-state index < -0.39 is 11.9 Å². The van der Waals surface area contributed by atoms with Crippen LogP contribution in [0.2, 0.25) is 0 Å². The molecule has 0 fully saturated rings. The quantitative estimate of drug-likeness (QED) is 0.724. The summed E-state index contributed by atoms with van der Waals surface area (Å²) in [6.45, 7) is 5.70. The Balaban J connectivity index is 2.02. The molecule has 0 bridgehead atoms. The van der Waals surface area contributed by atoms with Crippen molar-refractivity contribution < 1.29 is 17.7 Å². The standard InChI is InChI=1S/C14H14F3N5O/c1-13(2,3)12-19-10(23-21-12)7-22-9-4-5-18-6-8(9)11(20-22)14(15,16)17/h4-6H,7H2,1-3H3. The van der Waals surface area contributed by atoms with Crippen LogP contribution in [-0.4, -0.2) is 24.9 Å². The summed E-state index contributed by atoms with van der Waals surface area (Å²) in [6, 6.07) is 1.47. The minimum Gasteiger partial charge on any atom is -0.337 e. The van der Waals surface area contributed by atoms with Crippen molar-refractivity contribution in [3.63, 3.8) is 0 Å². The number of rotatable bonds is 2. The number of halogens is 3. The van der Waals surface area contributed by atoms with Gasteiger partial charge in [0.15, 0.2) is 11.5 Å². The third-order valence-electron chi connectivity index (χ3n) is 3.24. The zero-order valence-corrected chi connectivity index (χ0v) is 12.7. The predicted octanol–water partition coefficient (Wildman–Crippen LogP) is 3.18. The van der Waals surface area contributed by atoms with Crippen LogP contribution in [0.25, 0.3) is 10.9 Å². The molecule has 3 aromatic heterocycles. The maximum absolute atomic E-state index is 13.1. The number of pyridine rings is 1. The van der Waals surface area contributed by atoms with E-state index in [2.05, 4.69) is 20.2 Å². The fourth-order valence-corrected chi connectivity index (χ4v) is 2.10. The van der Waals surface area contributed by atoms with Crippen molar-refractivity contribution in [2.75, 3.05) is 0 Å². The van der Waals surface area contributed by atoms with Crippen molar-refractivity contribution in [1.82, 2.24) is 24.9 Å². The molecule has 3 aromatic rings. The molecule has 3 heterocycles. The normalized spacial score (nSPS) is 13.0. The van der Waals surface area contributed by atoms with Gasteiger partial charge in [0.25, 0.3) is 0 Å². The first kappa shape index (κ1) is 15.4. The highest BCUT2D eigenvalue weighted by atomic mass is 19.4. The Morgan fingerprint density at radius 1 is 1.22 bits per heavy atom. The molecule has 122 valence electrons. The molecule has 0 unspecified atom stereocenters. The number of fused-ring (bicyclic) bond motifs is 1. The van der Waals surface area contributed by atoms with E-state index in [4.69, 9.17) is 4.52 Å². The second-order valence-electron chi connectivity index (χ2n) is 6.16. The summed E-state index contributed by atoms with van der Waals surface area (Å²) in [6.07, 6.45) is -2.00. The van der Waals surface area contributed by atoms with Crippen LogP contribution in [0.3, 0.4) is 0 Å². The number of hydrogen-bond donors (Lipinski definition) is 0. The number of nitrogens with zero attached hydrogens (tertiary/aromatic N) is 5. The molecule has 0 spiro atoms. The molecule has 0 radical (unpaired) electrons. The first-order valence-corrected chi connectivity index (χ1v) is 6.87. The van der Waals surface area contributed by atoms with Crippen LogP contribution in [0.15, 0.2) is 23.0 Å². The summed E-state index contributed by atoms with van der Waals surface area (Å²) in [4.78, 5) is 7.96. The highest BCUT2D eigenvalue weighted by Crippen LogP contribution is 2.33. The van der Waals surface area contributed by atoms with E-state index in [0.29, 0.717) is 11.3 Å². The zero-order chi connectivity index (χ0) is 16.8. The van der Waals surface area contributed by atoms with E-state index in [-0.39, 0.29) is 23.2 Å². The lowest BCUT2D eigenvalue weighted by atomic mass is 9.96. The molecule has 0 amide bonds. The summed E-state index contributed by atoms with van der Waals surface area (Å²) in [5, 5.41) is 7.45. The fourth-order valence-electron chi connectivity index (χ4n) is 2.10. The van der Waals surface area contributed by atoms with E-state index >= 15 is 0 Å². The van der Waals surface area contributed by atoms with Gasteiger partial charge in [-0.15, -0.1) is 0 Å². The van der Waals surface area contributed by atoms with E-state index in [0.717, 1.165) is 6.20 Å². The second kappa shape index (κ2) is 5.04. The molecule has 0 aliphatic carbocycles. The molecule has 0 aliphatic rings. The predicted molar refractivity (Wildman–Crippen MR) is 74.6 cm³/mol. The van der Waals surface area contributed by atoms with Crippen molar-refractivity contribution in [2.45, 2.75) is 38.9 Å². The lowest BCUT2D eigenvalue weighted by Gasteiger charge is -2.10. The molecule has 0 N–H and O–H groups in total. The van der Waals surface area contributed by atoms with Crippen LogP contribution in [0, 0.1) is 0 Å². The van der Waals surface area contributed by atoms with Gasteiger partial charge in [0, 0.05) is 17.8 Å². The van der Waals surface area contributed by atoms with Gasteiger partial charge < -0.3 is 4.52 Å². The molecule has 0 atom stereocenters. The minimum absolute atomic E-state index is 0.0420. The Kier molecular flexibility index (Phi) is 3.38. The van der Waals surface area contributed by atoms with E-state index in [1.807, 2.05) is 20.8 Å². The molecule has 9 heteroatoms. The SMILES string of the molecule is CC(C)(C)c1noc(Cn2nc(C(F)(F)F)c3cnccc32)n1. The summed E-state index contributed by atoms with van der Waals surface area (Å²) >= 11 is 0. The number of hydrogen-bond acceptors (Lipinski definition) is 5. The summed E-state index contributed by atoms with van der Waals surface area (Å²) in [5.41, 5.74) is -0.978. The van der Waals surface area contributed by atoms with Gasteiger partial charge in [-0.25, -0.2) is 0 Å². The zero-order valence-electron chi connectivity index (χ0n) is 12.7. The Morgan fingerprint density at radius 3 is 2.57 bits per heavy atom. The second-order valence-corrected chi connectivity index (χ2v) is 6.16. The average Bonchev–Trinajstić information content (AvgIpc) is 3.04. The molecular weight excluding hydrogens is 311 g/mol. The van der Waals surface area contributed by atoms with Gasteiger partial charge in [-0.1, -0.05) is 25.9 Å². The lowest BCUT2D eigenvalue weighted by molar-refractivity contribution is -0.140. The Morgan fingerprint density at radius 2 is 1.96 bits per heavy atom. The Bertz CT molecular complexity index is 844. The first-order chi connectivity index (χ1) is 10.7.